The molecule has 1 aromatic heterocycles. The van der Waals surface area contributed by atoms with Crippen molar-refractivity contribution in [3.63, 3.8) is 0 Å². The highest BCUT2D eigenvalue weighted by Gasteiger charge is 2.06. The molecule has 0 aliphatic rings. The number of rotatable bonds is 6. The third-order valence-electron chi connectivity index (χ3n) is 3.14. The van der Waals surface area contributed by atoms with Crippen molar-refractivity contribution < 1.29 is 4.79 Å². The van der Waals surface area contributed by atoms with Gasteiger partial charge in [0, 0.05) is 18.7 Å². The minimum atomic E-state index is -0.0257. The molecule has 5 nitrogen and oxygen atoms in total. The first-order chi connectivity index (χ1) is 10.2. The van der Waals surface area contributed by atoms with Crippen LogP contribution in [0.2, 0.25) is 0 Å². The quantitative estimate of drug-likeness (QED) is 0.710. The number of nitrogen functional groups attached to an aromatic ring is 1. The summed E-state index contributed by atoms with van der Waals surface area (Å²) in [5, 5.41) is 6.15. The highest BCUT2D eigenvalue weighted by atomic mass is 16.1. The van der Waals surface area contributed by atoms with E-state index in [1.165, 1.54) is 0 Å². The molecule has 0 saturated carbocycles. The summed E-state index contributed by atoms with van der Waals surface area (Å²) in [6, 6.07) is 11.2. The first-order valence-electron chi connectivity index (χ1n) is 6.96. The van der Waals surface area contributed by atoms with Gasteiger partial charge in [-0.25, -0.2) is 4.98 Å². The Bertz CT molecular complexity index is 595. The predicted octanol–water partition coefficient (Wildman–Crippen LogP) is 2.20. The number of amides is 1. The van der Waals surface area contributed by atoms with E-state index in [0.717, 1.165) is 29.8 Å². The van der Waals surface area contributed by atoms with Crippen molar-refractivity contribution in [2.75, 3.05) is 24.1 Å². The second kappa shape index (κ2) is 7.28. The number of hydrogen-bond acceptors (Lipinski definition) is 4. The number of hydrogen-bond donors (Lipinski definition) is 3. The van der Waals surface area contributed by atoms with Gasteiger partial charge in [0.25, 0.3) is 5.91 Å². The lowest BCUT2D eigenvalue weighted by Gasteiger charge is -2.09. The number of benzene rings is 1. The Kier molecular flexibility index (Phi) is 5.15. The SMILES string of the molecule is Cc1ccccc1C(=O)NCCCNc1ccc(N)nc1. The van der Waals surface area contributed by atoms with E-state index in [-0.39, 0.29) is 5.91 Å². The Balaban J connectivity index is 1.69. The van der Waals surface area contributed by atoms with Crippen molar-refractivity contribution in [1.82, 2.24) is 10.3 Å². The van der Waals surface area contributed by atoms with Gasteiger partial charge < -0.3 is 16.4 Å². The van der Waals surface area contributed by atoms with Crippen LogP contribution in [-0.4, -0.2) is 24.0 Å². The molecule has 0 spiro atoms. The largest absolute Gasteiger partial charge is 0.384 e. The van der Waals surface area contributed by atoms with E-state index in [4.69, 9.17) is 5.73 Å². The number of pyridine rings is 1. The molecule has 1 heterocycles. The Hall–Kier alpha value is -2.56. The monoisotopic (exact) mass is 284 g/mol. The minimum absolute atomic E-state index is 0.0257. The molecule has 0 fully saturated rings. The number of nitrogens with two attached hydrogens (primary N) is 1. The zero-order valence-electron chi connectivity index (χ0n) is 12.1. The zero-order chi connectivity index (χ0) is 15.1. The average Bonchev–Trinajstić information content (AvgIpc) is 2.49. The molecule has 2 aromatic rings. The lowest BCUT2D eigenvalue weighted by Crippen LogP contribution is -2.26. The molecule has 0 atom stereocenters. The fourth-order valence-electron chi connectivity index (χ4n) is 1.96. The Morgan fingerprint density at radius 1 is 1.19 bits per heavy atom. The van der Waals surface area contributed by atoms with E-state index in [9.17, 15) is 4.79 Å². The summed E-state index contributed by atoms with van der Waals surface area (Å²) in [6.45, 7) is 3.33. The first kappa shape index (κ1) is 14.8. The number of nitrogens with one attached hydrogen (secondary N) is 2. The number of anilines is 2. The second-order valence-electron chi connectivity index (χ2n) is 4.82. The van der Waals surface area contributed by atoms with Crippen LogP contribution in [0.25, 0.3) is 0 Å². The van der Waals surface area contributed by atoms with E-state index in [1.807, 2.05) is 37.3 Å². The van der Waals surface area contributed by atoms with Gasteiger partial charge in [0.05, 0.1) is 11.9 Å². The van der Waals surface area contributed by atoms with Crippen molar-refractivity contribution in [2.45, 2.75) is 13.3 Å². The summed E-state index contributed by atoms with van der Waals surface area (Å²) in [5.74, 6) is 0.480. The summed E-state index contributed by atoms with van der Waals surface area (Å²) in [4.78, 5) is 16.0. The standard InChI is InChI=1S/C16H20N4O/c1-12-5-2-3-6-14(12)16(21)19-10-4-9-18-13-7-8-15(17)20-11-13/h2-3,5-8,11,18H,4,9-10H2,1H3,(H2,17,20)(H,19,21). The maximum absolute atomic E-state index is 12.0. The van der Waals surface area contributed by atoms with E-state index >= 15 is 0 Å². The Labute approximate surface area is 124 Å². The van der Waals surface area contributed by atoms with E-state index in [0.29, 0.717) is 12.4 Å². The van der Waals surface area contributed by atoms with Crippen molar-refractivity contribution in [3.8, 4) is 0 Å². The van der Waals surface area contributed by atoms with Gasteiger partial charge in [0.2, 0.25) is 0 Å². The van der Waals surface area contributed by atoms with Gasteiger partial charge in [-0.3, -0.25) is 4.79 Å². The van der Waals surface area contributed by atoms with Gasteiger partial charge in [-0.15, -0.1) is 0 Å². The minimum Gasteiger partial charge on any atom is -0.384 e. The van der Waals surface area contributed by atoms with Crippen LogP contribution in [0, 0.1) is 6.92 Å². The van der Waals surface area contributed by atoms with E-state index in [2.05, 4.69) is 15.6 Å². The van der Waals surface area contributed by atoms with Crippen LogP contribution in [0.5, 0.6) is 0 Å². The van der Waals surface area contributed by atoms with Gasteiger partial charge in [-0.1, -0.05) is 18.2 Å². The molecule has 1 amide bonds. The Morgan fingerprint density at radius 3 is 2.71 bits per heavy atom. The molecule has 0 bridgehead atoms. The number of aryl methyl sites for hydroxylation is 1. The van der Waals surface area contributed by atoms with Crippen LogP contribution in [-0.2, 0) is 0 Å². The van der Waals surface area contributed by atoms with Crippen molar-refractivity contribution in [3.05, 3.63) is 53.7 Å². The molecule has 5 heteroatoms. The lowest BCUT2D eigenvalue weighted by atomic mass is 10.1. The fourth-order valence-corrected chi connectivity index (χ4v) is 1.96. The highest BCUT2D eigenvalue weighted by molar-refractivity contribution is 5.95. The van der Waals surface area contributed by atoms with E-state index < -0.39 is 0 Å². The molecule has 110 valence electrons. The summed E-state index contributed by atoms with van der Waals surface area (Å²) >= 11 is 0. The topological polar surface area (TPSA) is 80.0 Å². The van der Waals surface area contributed by atoms with Crippen molar-refractivity contribution in [1.29, 1.82) is 0 Å². The molecule has 0 saturated heterocycles. The molecule has 0 aliphatic heterocycles. The zero-order valence-corrected chi connectivity index (χ0v) is 12.1. The van der Waals surface area contributed by atoms with Gasteiger partial charge in [0.1, 0.15) is 5.82 Å². The van der Waals surface area contributed by atoms with Gasteiger partial charge >= 0.3 is 0 Å². The van der Waals surface area contributed by atoms with Crippen LogP contribution in [0.3, 0.4) is 0 Å². The fraction of sp³-hybridized carbons (Fsp3) is 0.250. The predicted molar refractivity (Wildman–Crippen MR) is 85.3 cm³/mol. The molecule has 21 heavy (non-hydrogen) atoms. The van der Waals surface area contributed by atoms with Crippen LogP contribution in [0.1, 0.15) is 22.3 Å². The van der Waals surface area contributed by atoms with Gasteiger partial charge in [0.15, 0.2) is 0 Å². The summed E-state index contributed by atoms with van der Waals surface area (Å²) in [5.41, 5.74) is 8.16. The molecular weight excluding hydrogens is 264 g/mol. The first-order valence-corrected chi connectivity index (χ1v) is 6.96. The lowest BCUT2D eigenvalue weighted by molar-refractivity contribution is 0.0953. The molecular formula is C16H20N4O. The van der Waals surface area contributed by atoms with E-state index in [1.54, 1.807) is 12.3 Å². The molecule has 4 N–H and O–H groups in total. The second-order valence-corrected chi connectivity index (χ2v) is 4.82. The van der Waals surface area contributed by atoms with Gasteiger partial charge in [-0.05, 0) is 37.1 Å². The highest BCUT2D eigenvalue weighted by Crippen LogP contribution is 2.07. The summed E-state index contributed by atoms with van der Waals surface area (Å²) in [6.07, 6.45) is 2.53. The van der Waals surface area contributed by atoms with Gasteiger partial charge in [-0.2, -0.15) is 0 Å². The van der Waals surface area contributed by atoms with Crippen LogP contribution >= 0.6 is 0 Å². The van der Waals surface area contributed by atoms with Crippen molar-refractivity contribution >= 4 is 17.4 Å². The smallest absolute Gasteiger partial charge is 0.251 e. The molecule has 0 aliphatic carbocycles. The summed E-state index contributed by atoms with van der Waals surface area (Å²) < 4.78 is 0. The maximum atomic E-state index is 12.0. The third kappa shape index (κ3) is 4.49. The number of aromatic nitrogens is 1. The van der Waals surface area contributed by atoms with Crippen LogP contribution in [0.15, 0.2) is 42.6 Å². The third-order valence-corrected chi connectivity index (χ3v) is 3.14. The maximum Gasteiger partial charge on any atom is 0.251 e. The molecule has 1 aromatic carbocycles. The Morgan fingerprint density at radius 2 is 2.00 bits per heavy atom. The molecule has 0 radical (unpaired) electrons. The van der Waals surface area contributed by atoms with Crippen LogP contribution in [0.4, 0.5) is 11.5 Å². The average molecular weight is 284 g/mol. The normalized spacial score (nSPS) is 10.1. The summed E-state index contributed by atoms with van der Waals surface area (Å²) in [7, 11) is 0. The number of carbonyl (C=O) groups excluding carboxylic acids is 1. The molecule has 2 rings (SSSR count). The van der Waals surface area contributed by atoms with Crippen molar-refractivity contribution in [2.24, 2.45) is 0 Å². The number of nitrogens with zero attached hydrogens (tertiary/aromatic N) is 1. The number of carbonyl (C=O) groups is 1. The van der Waals surface area contributed by atoms with Crippen LogP contribution < -0.4 is 16.4 Å². The molecule has 0 unspecified atom stereocenters.